The van der Waals surface area contributed by atoms with Crippen LogP contribution in [-0.2, 0) is 16.0 Å². The third kappa shape index (κ3) is 11.4. The molecule has 1 heterocycles. The number of amides is 1. The summed E-state index contributed by atoms with van der Waals surface area (Å²) in [6, 6.07) is 7.85. The van der Waals surface area contributed by atoms with Crippen LogP contribution in [0.2, 0.25) is 0 Å². The van der Waals surface area contributed by atoms with E-state index in [1.165, 1.54) is 56.9 Å². The molecule has 1 atom stereocenters. The fourth-order valence-corrected chi connectivity index (χ4v) is 3.77. The maximum atomic E-state index is 12.4. The van der Waals surface area contributed by atoms with Crippen molar-refractivity contribution < 1.29 is 27.9 Å². The van der Waals surface area contributed by atoms with Crippen LogP contribution in [0, 0.1) is 5.41 Å². The summed E-state index contributed by atoms with van der Waals surface area (Å²) in [5, 5.41) is 17.7. The van der Waals surface area contributed by atoms with E-state index >= 15 is 0 Å². The molecule has 0 bridgehead atoms. The molecule has 1 amide bonds. The third-order valence-corrected chi connectivity index (χ3v) is 5.65. The first kappa shape index (κ1) is 29.3. The number of hydrogen-bond donors (Lipinski definition) is 4. The number of halogens is 3. The molecule has 0 saturated carbocycles. The van der Waals surface area contributed by atoms with E-state index in [0.29, 0.717) is 6.54 Å². The monoisotopic (exact) mass is 486 g/mol. The molecule has 2 rings (SSSR count). The average Bonchev–Trinajstić information content (AvgIpc) is 3.27. The smallest absolute Gasteiger partial charge is 0.475 e. The number of aryl methyl sites for hydroxylation is 1. The minimum absolute atomic E-state index is 0.0200. The zero-order valence-corrected chi connectivity index (χ0v) is 19.8. The maximum absolute atomic E-state index is 12.4. The summed E-state index contributed by atoms with van der Waals surface area (Å²) in [5.74, 6) is -2.85. The zero-order chi connectivity index (χ0) is 25.6. The number of nitrogens with zero attached hydrogens (tertiary/aromatic N) is 1. The van der Waals surface area contributed by atoms with Gasteiger partial charge in [-0.15, -0.1) is 0 Å². The lowest BCUT2D eigenvalue weighted by Crippen LogP contribution is -2.46. The molecule has 10 heteroatoms. The van der Waals surface area contributed by atoms with E-state index in [1.54, 1.807) is 4.90 Å². The van der Waals surface area contributed by atoms with Crippen molar-refractivity contribution in [2.45, 2.75) is 89.8 Å². The number of nitrogens with one attached hydrogen (secondary N) is 2. The highest BCUT2D eigenvalue weighted by atomic mass is 19.4. The van der Waals surface area contributed by atoms with Gasteiger partial charge in [0.15, 0.2) is 5.96 Å². The molecule has 192 valence electrons. The normalized spacial score (nSPS) is 15.4. The van der Waals surface area contributed by atoms with Gasteiger partial charge in [-0.3, -0.25) is 10.2 Å². The minimum Gasteiger partial charge on any atom is -0.475 e. The second kappa shape index (κ2) is 15.2. The van der Waals surface area contributed by atoms with Gasteiger partial charge in [-0.25, -0.2) is 4.79 Å². The molecule has 1 saturated heterocycles. The largest absolute Gasteiger partial charge is 0.490 e. The third-order valence-electron chi connectivity index (χ3n) is 5.65. The van der Waals surface area contributed by atoms with Crippen molar-refractivity contribution in [3.05, 3.63) is 29.8 Å². The van der Waals surface area contributed by atoms with Gasteiger partial charge >= 0.3 is 12.1 Å². The highest BCUT2D eigenvalue weighted by Crippen LogP contribution is 2.19. The first-order valence-corrected chi connectivity index (χ1v) is 11.9. The number of alkyl halides is 3. The van der Waals surface area contributed by atoms with Crippen molar-refractivity contribution >= 4 is 23.5 Å². The Morgan fingerprint density at radius 2 is 1.62 bits per heavy atom. The fourth-order valence-electron chi connectivity index (χ4n) is 3.77. The first-order chi connectivity index (χ1) is 16.1. The van der Waals surface area contributed by atoms with Gasteiger partial charge in [0, 0.05) is 12.2 Å². The standard InChI is InChI=1S/C22H36N4O.C2HF3O2/c1-2-3-4-5-6-7-8-9-11-18-13-15-19(16-14-18)25-21(27)20-12-10-17-26(20)22(23)24;3-2(4,5)1(6)7/h13-16,20H,2-12,17H2,1H3,(H3,23,24)(H,25,27);(H,6,7)/t20-;/m0./s1. The number of unbranched alkanes of at least 4 members (excludes halogenated alkanes) is 7. The Morgan fingerprint density at radius 3 is 2.12 bits per heavy atom. The molecule has 5 N–H and O–H groups in total. The lowest BCUT2D eigenvalue weighted by Gasteiger charge is -2.23. The molecule has 0 aliphatic carbocycles. The predicted octanol–water partition coefficient (Wildman–Crippen LogP) is 5.30. The number of nitrogens with two attached hydrogens (primary N) is 1. The second-order valence-electron chi connectivity index (χ2n) is 8.45. The molecule has 0 spiro atoms. The van der Waals surface area contributed by atoms with Gasteiger partial charge in [0.1, 0.15) is 6.04 Å². The molecule has 0 aromatic heterocycles. The van der Waals surface area contributed by atoms with E-state index < -0.39 is 12.1 Å². The van der Waals surface area contributed by atoms with Crippen molar-refractivity contribution in [2.75, 3.05) is 11.9 Å². The Kier molecular flexibility index (Phi) is 13.1. The van der Waals surface area contributed by atoms with Gasteiger partial charge in [0.25, 0.3) is 0 Å². The van der Waals surface area contributed by atoms with Crippen LogP contribution < -0.4 is 11.1 Å². The van der Waals surface area contributed by atoms with Crippen molar-refractivity contribution in [1.29, 1.82) is 5.41 Å². The van der Waals surface area contributed by atoms with Crippen LogP contribution in [0.3, 0.4) is 0 Å². The number of likely N-dealkylation sites (tertiary alicyclic amines) is 1. The summed E-state index contributed by atoms with van der Waals surface area (Å²) in [6.45, 7) is 2.94. The fraction of sp³-hybridized carbons (Fsp3) is 0.625. The van der Waals surface area contributed by atoms with Gasteiger partial charge in [-0.2, -0.15) is 13.2 Å². The molecule has 1 aliphatic heterocycles. The van der Waals surface area contributed by atoms with Crippen molar-refractivity contribution in [3.8, 4) is 0 Å². The van der Waals surface area contributed by atoms with Crippen molar-refractivity contribution in [2.24, 2.45) is 5.73 Å². The summed E-state index contributed by atoms with van der Waals surface area (Å²) < 4.78 is 31.7. The number of carboxylic acids is 1. The number of benzene rings is 1. The van der Waals surface area contributed by atoms with Crippen LogP contribution in [-0.4, -0.2) is 46.6 Å². The molecule has 0 radical (unpaired) electrons. The van der Waals surface area contributed by atoms with E-state index in [1.807, 2.05) is 12.1 Å². The van der Waals surface area contributed by atoms with Crippen LogP contribution in [0.5, 0.6) is 0 Å². The number of carboxylic acid groups (broad SMARTS) is 1. The first-order valence-electron chi connectivity index (χ1n) is 11.9. The molecule has 1 fully saturated rings. The minimum atomic E-state index is -5.08. The lowest BCUT2D eigenvalue weighted by atomic mass is 10.0. The van der Waals surface area contributed by atoms with E-state index in [9.17, 15) is 18.0 Å². The van der Waals surface area contributed by atoms with Gasteiger partial charge in [-0.05, 0) is 43.4 Å². The van der Waals surface area contributed by atoms with Gasteiger partial charge in [0.05, 0.1) is 0 Å². The van der Waals surface area contributed by atoms with Crippen LogP contribution in [0.1, 0.15) is 76.7 Å². The van der Waals surface area contributed by atoms with E-state index in [-0.39, 0.29) is 17.9 Å². The molecule has 7 nitrogen and oxygen atoms in total. The van der Waals surface area contributed by atoms with Crippen LogP contribution in [0.25, 0.3) is 0 Å². The number of hydrogen-bond acceptors (Lipinski definition) is 3. The quantitative estimate of drug-likeness (QED) is 0.192. The number of guanidine groups is 1. The number of rotatable bonds is 11. The topological polar surface area (TPSA) is 120 Å². The molecule has 1 aromatic rings. The summed E-state index contributed by atoms with van der Waals surface area (Å²) in [6.07, 6.45) is 8.35. The molecular formula is C24H37F3N4O3. The summed E-state index contributed by atoms with van der Waals surface area (Å²) >= 11 is 0. The van der Waals surface area contributed by atoms with Gasteiger partial charge < -0.3 is 21.1 Å². The Hall–Kier alpha value is -2.78. The van der Waals surface area contributed by atoms with E-state index in [0.717, 1.165) is 24.9 Å². The van der Waals surface area contributed by atoms with E-state index in [4.69, 9.17) is 21.0 Å². The Balaban J connectivity index is 0.000000718. The number of carbonyl (C=O) groups excluding carboxylic acids is 1. The Morgan fingerprint density at radius 1 is 1.09 bits per heavy atom. The lowest BCUT2D eigenvalue weighted by molar-refractivity contribution is -0.192. The van der Waals surface area contributed by atoms with Gasteiger partial charge in [-0.1, -0.05) is 64.0 Å². The summed E-state index contributed by atoms with van der Waals surface area (Å²) in [7, 11) is 0. The number of carbonyl (C=O) groups is 2. The average molecular weight is 487 g/mol. The van der Waals surface area contributed by atoms with Crippen LogP contribution in [0.4, 0.5) is 18.9 Å². The summed E-state index contributed by atoms with van der Waals surface area (Å²) in [4.78, 5) is 23.0. The van der Waals surface area contributed by atoms with Crippen LogP contribution in [0.15, 0.2) is 24.3 Å². The Labute approximate surface area is 199 Å². The highest BCUT2D eigenvalue weighted by molar-refractivity contribution is 5.97. The SMILES string of the molecule is CCCCCCCCCCc1ccc(NC(=O)[C@@H]2CCCN2C(=N)N)cc1.O=C(O)C(F)(F)F. The number of anilines is 1. The highest BCUT2D eigenvalue weighted by Gasteiger charge is 2.38. The number of aliphatic carboxylic acids is 1. The molecule has 34 heavy (non-hydrogen) atoms. The molecule has 1 aromatic carbocycles. The van der Waals surface area contributed by atoms with Crippen molar-refractivity contribution in [1.82, 2.24) is 4.90 Å². The van der Waals surface area contributed by atoms with Gasteiger partial charge in [0.2, 0.25) is 5.91 Å². The molecular weight excluding hydrogens is 449 g/mol. The molecule has 0 unspecified atom stereocenters. The zero-order valence-electron chi connectivity index (χ0n) is 19.8. The summed E-state index contributed by atoms with van der Waals surface area (Å²) in [5.41, 5.74) is 7.71. The van der Waals surface area contributed by atoms with E-state index in [2.05, 4.69) is 24.4 Å². The Bertz CT molecular complexity index is 770. The predicted molar refractivity (Wildman–Crippen MR) is 127 cm³/mol. The van der Waals surface area contributed by atoms with Crippen LogP contribution >= 0.6 is 0 Å². The second-order valence-corrected chi connectivity index (χ2v) is 8.45. The maximum Gasteiger partial charge on any atom is 0.490 e. The van der Waals surface area contributed by atoms with Crippen molar-refractivity contribution in [3.63, 3.8) is 0 Å². The molecule has 1 aliphatic rings.